The molecule has 0 heterocycles. The van der Waals surface area contributed by atoms with Gasteiger partial charge < -0.3 is 10.1 Å². The second-order valence-electron chi connectivity index (χ2n) is 4.12. The summed E-state index contributed by atoms with van der Waals surface area (Å²) in [5.41, 5.74) is 0. The monoisotopic (exact) mass is 227 g/mol. The largest absolute Gasteiger partial charge is 0.489 e. The molecule has 1 saturated carbocycles. The van der Waals surface area contributed by atoms with Crippen LogP contribution in [0.25, 0.3) is 0 Å². The number of hydrogen-bond donors (Lipinski definition) is 1. The van der Waals surface area contributed by atoms with Crippen LogP contribution in [0.1, 0.15) is 12.8 Å². The topological polar surface area (TPSA) is 21.3 Å². The summed E-state index contributed by atoms with van der Waals surface area (Å²) in [7, 11) is 1.86. The highest BCUT2D eigenvalue weighted by Gasteiger charge is 2.30. The molecule has 1 atom stereocenters. The molecule has 16 heavy (non-hydrogen) atoms. The molecule has 1 N–H and O–H groups in total. The number of rotatable bonds is 5. The van der Waals surface area contributed by atoms with E-state index in [9.17, 15) is 8.78 Å². The van der Waals surface area contributed by atoms with Crippen molar-refractivity contribution in [1.82, 2.24) is 5.32 Å². The Bertz CT molecular complexity index is 366. The zero-order chi connectivity index (χ0) is 11.5. The molecule has 1 aromatic rings. The van der Waals surface area contributed by atoms with E-state index >= 15 is 0 Å². The van der Waals surface area contributed by atoms with Gasteiger partial charge >= 0.3 is 0 Å². The molecule has 0 amide bonds. The van der Waals surface area contributed by atoms with Gasteiger partial charge in [0, 0.05) is 12.1 Å². The van der Waals surface area contributed by atoms with E-state index in [4.69, 9.17) is 4.74 Å². The summed E-state index contributed by atoms with van der Waals surface area (Å²) in [5.74, 6) is -0.404. The lowest BCUT2D eigenvalue weighted by atomic mass is 10.2. The Kier molecular flexibility index (Phi) is 3.39. The quantitative estimate of drug-likeness (QED) is 0.833. The first kappa shape index (κ1) is 11.3. The third-order valence-corrected chi connectivity index (χ3v) is 2.87. The number of halogens is 2. The van der Waals surface area contributed by atoms with Crippen molar-refractivity contribution >= 4 is 0 Å². The third-order valence-electron chi connectivity index (χ3n) is 2.87. The van der Waals surface area contributed by atoms with Crippen molar-refractivity contribution in [1.29, 1.82) is 0 Å². The lowest BCUT2D eigenvalue weighted by Gasteiger charge is -2.16. The van der Waals surface area contributed by atoms with Gasteiger partial charge in [0.25, 0.3) is 0 Å². The van der Waals surface area contributed by atoms with Crippen LogP contribution in [0.4, 0.5) is 8.78 Å². The summed E-state index contributed by atoms with van der Waals surface area (Å²) in [5, 5.41) is 3.13. The molecule has 0 spiro atoms. The Hall–Kier alpha value is -1.16. The molecule has 1 fully saturated rings. The molecule has 1 unspecified atom stereocenters. The summed E-state index contributed by atoms with van der Waals surface area (Å²) < 4.78 is 31.4. The number of ether oxygens (including phenoxy) is 1. The van der Waals surface area contributed by atoms with E-state index in [1.807, 2.05) is 7.05 Å². The van der Waals surface area contributed by atoms with Crippen molar-refractivity contribution in [2.24, 2.45) is 5.92 Å². The van der Waals surface area contributed by atoms with E-state index in [1.165, 1.54) is 12.8 Å². The number of hydrogen-bond acceptors (Lipinski definition) is 2. The van der Waals surface area contributed by atoms with Gasteiger partial charge in [-0.3, -0.25) is 0 Å². The molecular weight excluding hydrogens is 212 g/mol. The van der Waals surface area contributed by atoms with Crippen LogP contribution in [-0.4, -0.2) is 19.7 Å². The SMILES string of the molecule is CNC(COc1cc(F)ccc1F)C1CC1. The molecule has 0 aromatic heterocycles. The number of nitrogens with one attached hydrogen (secondary N) is 1. The van der Waals surface area contributed by atoms with E-state index in [1.54, 1.807) is 0 Å². The highest BCUT2D eigenvalue weighted by atomic mass is 19.1. The van der Waals surface area contributed by atoms with Gasteiger partial charge in [-0.2, -0.15) is 0 Å². The predicted molar refractivity (Wildman–Crippen MR) is 57.4 cm³/mol. The maximum absolute atomic E-state index is 13.2. The zero-order valence-electron chi connectivity index (χ0n) is 9.17. The Morgan fingerprint density at radius 3 is 2.81 bits per heavy atom. The standard InChI is InChI=1S/C12H15F2NO/c1-15-11(8-2-3-8)7-16-12-6-9(13)4-5-10(12)14/h4-6,8,11,15H,2-3,7H2,1H3. The van der Waals surface area contributed by atoms with Crippen molar-refractivity contribution in [3.63, 3.8) is 0 Å². The molecule has 0 radical (unpaired) electrons. The number of likely N-dealkylation sites (N-methyl/N-ethyl adjacent to an activating group) is 1. The zero-order valence-corrected chi connectivity index (χ0v) is 9.17. The first-order valence-electron chi connectivity index (χ1n) is 5.46. The van der Waals surface area contributed by atoms with Crippen LogP contribution in [0, 0.1) is 17.6 Å². The second kappa shape index (κ2) is 4.78. The van der Waals surface area contributed by atoms with Crippen LogP contribution in [0.3, 0.4) is 0 Å². The lowest BCUT2D eigenvalue weighted by molar-refractivity contribution is 0.245. The van der Waals surface area contributed by atoms with Crippen molar-refractivity contribution in [2.45, 2.75) is 18.9 Å². The Balaban J connectivity index is 1.95. The fourth-order valence-corrected chi connectivity index (χ4v) is 1.72. The summed E-state index contributed by atoms with van der Waals surface area (Å²) in [6, 6.07) is 3.46. The average molecular weight is 227 g/mol. The smallest absolute Gasteiger partial charge is 0.165 e. The minimum Gasteiger partial charge on any atom is -0.489 e. The normalized spacial score (nSPS) is 17.2. The maximum Gasteiger partial charge on any atom is 0.165 e. The molecule has 2 nitrogen and oxygen atoms in total. The van der Waals surface area contributed by atoms with Crippen LogP contribution in [0.2, 0.25) is 0 Å². The van der Waals surface area contributed by atoms with Crippen molar-refractivity contribution in [3.05, 3.63) is 29.8 Å². The minimum atomic E-state index is -0.521. The molecule has 1 aliphatic carbocycles. The molecular formula is C12H15F2NO. The van der Waals surface area contributed by atoms with E-state index in [0.29, 0.717) is 12.5 Å². The molecule has 0 aliphatic heterocycles. The second-order valence-corrected chi connectivity index (χ2v) is 4.12. The molecule has 1 aromatic carbocycles. The highest BCUT2D eigenvalue weighted by molar-refractivity contribution is 5.24. The molecule has 4 heteroatoms. The van der Waals surface area contributed by atoms with Gasteiger partial charge in [-0.25, -0.2) is 8.78 Å². The Morgan fingerprint density at radius 2 is 2.19 bits per heavy atom. The van der Waals surface area contributed by atoms with Gasteiger partial charge in [0.2, 0.25) is 0 Å². The van der Waals surface area contributed by atoms with Crippen LogP contribution in [-0.2, 0) is 0 Å². The predicted octanol–water partition coefficient (Wildman–Crippen LogP) is 2.34. The van der Waals surface area contributed by atoms with Crippen molar-refractivity contribution < 1.29 is 13.5 Å². The van der Waals surface area contributed by atoms with E-state index in [-0.39, 0.29) is 11.8 Å². The van der Waals surface area contributed by atoms with E-state index < -0.39 is 11.6 Å². The highest BCUT2D eigenvalue weighted by Crippen LogP contribution is 2.32. The Labute approximate surface area is 93.6 Å². The van der Waals surface area contributed by atoms with Crippen LogP contribution < -0.4 is 10.1 Å². The molecule has 88 valence electrons. The van der Waals surface area contributed by atoms with Crippen molar-refractivity contribution in [3.8, 4) is 5.75 Å². The summed E-state index contributed by atoms with van der Waals surface area (Å²) >= 11 is 0. The fourth-order valence-electron chi connectivity index (χ4n) is 1.72. The molecule has 1 aliphatic rings. The average Bonchev–Trinajstić information content (AvgIpc) is 3.08. The van der Waals surface area contributed by atoms with Gasteiger partial charge in [0.05, 0.1) is 0 Å². The fraction of sp³-hybridized carbons (Fsp3) is 0.500. The van der Waals surface area contributed by atoms with Crippen molar-refractivity contribution in [2.75, 3.05) is 13.7 Å². The molecule has 2 rings (SSSR count). The lowest BCUT2D eigenvalue weighted by Crippen LogP contribution is -2.33. The summed E-state index contributed by atoms with van der Waals surface area (Å²) in [4.78, 5) is 0. The number of benzene rings is 1. The van der Waals surface area contributed by atoms with E-state index in [2.05, 4.69) is 5.32 Å². The third kappa shape index (κ3) is 2.70. The summed E-state index contributed by atoms with van der Waals surface area (Å²) in [6.07, 6.45) is 2.36. The van der Waals surface area contributed by atoms with E-state index in [0.717, 1.165) is 18.2 Å². The first-order valence-corrected chi connectivity index (χ1v) is 5.46. The first-order chi connectivity index (χ1) is 7.70. The van der Waals surface area contributed by atoms with Crippen LogP contribution in [0.5, 0.6) is 5.75 Å². The molecule has 0 saturated heterocycles. The Morgan fingerprint density at radius 1 is 1.44 bits per heavy atom. The van der Waals surface area contributed by atoms with Gasteiger partial charge in [0.1, 0.15) is 12.4 Å². The van der Waals surface area contributed by atoms with Gasteiger partial charge in [-0.15, -0.1) is 0 Å². The maximum atomic E-state index is 13.2. The van der Waals surface area contributed by atoms with Crippen LogP contribution in [0.15, 0.2) is 18.2 Å². The van der Waals surface area contributed by atoms with Gasteiger partial charge in [-0.1, -0.05) is 0 Å². The summed E-state index contributed by atoms with van der Waals surface area (Å²) in [6.45, 7) is 0.377. The minimum absolute atomic E-state index is 0.0131. The molecule has 0 bridgehead atoms. The van der Waals surface area contributed by atoms with Crippen LogP contribution >= 0.6 is 0 Å². The van der Waals surface area contributed by atoms with Gasteiger partial charge in [0.15, 0.2) is 11.6 Å². The van der Waals surface area contributed by atoms with Gasteiger partial charge in [-0.05, 0) is 37.9 Å².